The number of hydrogen-bond acceptors (Lipinski definition) is 3. The molecule has 2 aromatic carbocycles. The van der Waals surface area contributed by atoms with Crippen LogP contribution in [0.4, 0.5) is 5.69 Å². The van der Waals surface area contributed by atoms with E-state index in [1.54, 1.807) is 11.8 Å². The Morgan fingerprint density at radius 3 is 2.53 bits per heavy atom. The van der Waals surface area contributed by atoms with Gasteiger partial charge in [-0.3, -0.25) is 0 Å². The summed E-state index contributed by atoms with van der Waals surface area (Å²) in [7, 11) is 0. The minimum Gasteiger partial charge on any atom is -0.235 e. The molecule has 3 heteroatoms. The topological polar surface area (TPSA) is 12.4 Å². The van der Waals surface area contributed by atoms with Crippen molar-refractivity contribution >= 4 is 33.6 Å². The van der Waals surface area contributed by atoms with E-state index in [0.29, 0.717) is 5.25 Å². The summed E-state index contributed by atoms with van der Waals surface area (Å²) in [6, 6.07) is 17.3. The molecule has 0 fully saturated rings. The van der Waals surface area contributed by atoms with Crippen molar-refractivity contribution in [2.75, 3.05) is 6.26 Å². The summed E-state index contributed by atoms with van der Waals surface area (Å²) < 4.78 is 1.14. The Balaban J connectivity index is 2.07. The molecule has 1 aliphatic heterocycles. The molecule has 1 heterocycles. The maximum atomic E-state index is 4.70. The molecule has 2 aromatic rings. The van der Waals surface area contributed by atoms with Crippen LogP contribution in [0.15, 0.2) is 53.5 Å². The largest absolute Gasteiger partial charge is 0.235 e. The summed E-state index contributed by atoms with van der Waals surface area (Å²) in [4.78, 5) is 4.70. The van der Waals surface area contributed by atoms with Gasteiger partial charge in [0.2, 0.25) is 0 Å². The van der Waals surface area contributed by atoms with Gasteiger partial charge in [0.05, 0.1) is 10.9 Å². The first-order valence-electron chi connectivity index (χ1n) is 6.23. The van der Waals surface area contributed by atoms with Crippen molar-refractivity contribution in [2.45, 2.75) is 12.2 Å². The third-order valence-electron chi connectivity index (χ3n) is 3.20. The Kier molecular flexibility index (Phi) is 3.67. The van der Waals surface area contributed by atoms with E-state index in [2.05, 4.69) is 61.7 Å². The zero-order chi connectivity index (χ0) is 13.2. The van der Waals surface area contributed by atoms with Gasteiger partial charge in [0.25, 0.3) is 0 Å². The zero-order valence-electron chi connectivity index (χ0n) is 11.0. The van der Waals surface area contributed by atoms with E-state index in [1.807, 2.05) is 11.8 Å². The summed E-state index contributed by atoms with van der Waals surface area (Å²) in [5.41, 5.74) is 5.08. The quantitative estimate of drug-likeness (QED) is 0.715. The number of benzene rings is 2. The molecule has 1 unspecified atom stereocenters. The molecule has 0 N–H and O–H groups in total. The Morgan fingerprint density at radius 1 is 1.05 bits per heavy atom. The van der Waals surface area contributed by atoms with Crippen LogP contribution in [0.25, 0.3) is 0 Å². The number of rotatable bonds is 1. The molecule has 0 bridgehead atoms. The lowest BCUT2D eigenvalue weighted by molar-refractivity contribution is 1.14. The van der Waals surface area contributed by atoms with Crippen LogP contribution < -0.4 is 0 Å². The van der Waals surface area contributed by atoms with Crippen LogP contribution in [0.5, 0.6) is 0 Å². The SMILES string of the molecule is CSC1=Nc2ccccc2C(c2ccc(C)cc2)S1. The van der Waals surface area contributed by atoms with Gasteiger partial charge < -0.3 is 0 Å². The van der Waals surface area contributed by atoms with Crippen molar-refractivity contribution in [3.63, 3.8) is 0 Å². The van der Waals surface area contributed by atoms with Crippen LogP contribution in [0.3, 0.4) is 0 Å². The highest BCUT2D eigenvalue weighted by Crippen LogP contribution is 2.46. The third kappa shape index (κ3) is 2.58. The molecule has 3 rings (SSSR count). The fourth-order valence-electron chi connectivity index (χ4n) is 2.18. The molecule has 1 aliphatic rings. The Labute approximate surface area is 122 Å². The van der Waals surface area contributed by atoms with Gasteiger partial charge in [-0.1, -0.05) is 59.8 Å². The highest BCUT2D eigenvalue weighted by molar-refractivity contribution is 8.38. The maximum Gasteiger partial charge on any atom is 0.131 e. The van der Waals surface area contributed by atoms with E-state index in [4.69, 9.17) is 4.99 Å². The number of nitrogens with zero attached hydrogens (tertiary/aromatic N) is 1. The molecular weight excluding hydrogens is 270 g/mol. The highest BCUT2D eigenvalue weighted by Gasteiger charge is 2.24. The van der Waals surface area contributed by atoms with Gasteiger partial charge in [-0.25, -0.2) is 4.99 Å². The van der Waals surface area contributed by atoms with Crippen molar-refractivity contribution in [2.24, 2.45) is 4.99 Å². The molecule has 0 spiro atoms. The molecule has 0 aliphatic carbocycles. The van der Waals surface area contributed by atoms with E-state index in [9.17, 15) is 0 Å². The van der Waals surface area contributed by atoms with Crippen LogP contribution in [-0.2, 0) is 0 Å². The van der Waals surface area contributed by atoms with Gasteiger partial charge in [-0.15, -0.1) is 11.8 Å². The third-order valence-corrected chi connectivity index (χ3v) is 5.49. The number of aryl methyl sites for hydroxylation is 1. The lowest BCUT2D eigenvalue weighted by Gasteiger charge is -2.23. The second-order valence-electron chi connectivity index (χ2n) is 4.55. The first-order valence-corrected chi connectivity index (χ1v) is 8.33. The molecule has 0 amide bonds. The number of thioether (sulfide) groups is 2. The average molecular weight is 285 g/mol. The van der Waals surface area contributed by atoms with Crippen molar-refractivity contribution in [1.82, 2.24) is 0 Å². The summed E-state index contributed by atoms with van der Waals surface area (Å²) in [6.07, 6.45) is 2.09. The first-order chi connectivity index (χ1) is 9.28. The molecule has 19 heavy (non-hydrogen) atoms. The molecule has 0 saturated carbocycles. The van der Waals surface area contributed by atoms with Gasteiger partial charge in [-0.05, 0) is 30.4 Å². The Hall–Kier alpha value is -1.19. The Morgan fingerprint density at radius 2 is 1.79 bits per heavy atom. The predicted molar refractivity (Wildman–Crippen MR) is 87.7 cm³/mol. The summed E-state index contributed by atoms with van der Waals surface area (Å²) in [5, 5.41) is 0.358. The summed E-state index contributed by atoms with van der Waals surface area (Å²) in [6.45, 7) is 2.13. The van der Waals surface area contributed by atoms with Gasteiger partial charge in [0, 0.05) is 0 Å². The lowest BCUT2D eigenvalue weighted by Crippen LogP contribution is -2.04. The molecule has 0 radical (unpaired) electrons. The molecular formula is C16H15NS2. The van der Waals surface area contributed by atoms with Crippen LogP contribution in [0.2, 0.25) is 0 Å². The molecule has 0 aromatic heterocycles. The summed E-state index contributed by atoms with van der Waals surface area (Å²) >= 11 is 3.57. The lowest BCUT2D eigenvalue weighted by atomic mass is 10.0. The second kappa shape index (κ2) is 5.43. The monoisotopic (exact) mass is 285 g/mol. The van der Waals surface area contributed by atoms with Gasteiger partial charge in [-0.2, -0.15) is 0 Å². The average Bonchev–Trinajstić information content (AvgIpc) is 2.47. The van der Waals surface area contributed by atoms with Crippen LogP contribution in [0, 0.1) is 6.92 Å². The van der Waals surface area contributed by atoms with Gasteiger partial charge >= 0.3 is 0 Å². The molecule has 1 atom stereocenters. The van der Waals surface area contributed by atoms with Crippen LogP contribution >= 0.6 is 23.5 Å². The van der Waals surface area contributed by atoms with Crippen molar-refractivity contribution in [1.29, 1.82) is 0 Å². The second-order valence-corrected chi connectivity index (χ2v) is 6.70. The zero-order valence-corrected chi connectivity index (χ0v) is 12.6. The molecule has 0 saturated heterocycles. The van der Waals surface area contributed by atoms with E-state index < -0.39 is 0 Å². The Bertz CT molecular complexity index is 617. The predicted octanol–water partition coefficient (Wildman–Crippen LogP) is 5.18. The smallest absolute Gasteiger partial charge is 0.131 e. The fourth-order valence-corrected chi connectivity index (χ4v) is 4.02. The van der Waals surface area contributed by atoms with Crippen LogP contribution in [0.1, 0.15) is 21.9 Å². The number of para-hydroxylation sites is 1. The van der Waals surface area contributed by atoms with Crippen molar-refractivity contribution in [3.05, 3.63) is 65.2 Å². The van der Waals surface area contributed by atoms with Crippen LogP contribution in [-0.4, -0.2) is 10.6 Å². The normalized spacial score (nSPS) is 17.8. The maximum absolute atomic E-state index is 4.70. The minimum atomic E-state index is 0.358. The number of aliphatic imine (C=N–C) groups is 1. The van der Waals surface area contributed by atoms with Gasteiger partial charge in [0.1, 0.15) is 4.38 Å². The molecule has 96 valence electrons. The fraction of sp³-hybridized carbons (Fsp3) is 0.188. The first kappa shape index (κ1) is 12.8. The number of hydrogen-bond donors (Lipinski definition) is 0. The van der Waals surface area contributed by atoms with E-state index in [-0.39, 0.29) is 0 Å². The van der Waals surface area contributed by atoms with Crippen molar-refractivity contribution < 1.29 is 0 Å². The summed E-state index contributed by atoms with van der Waals surface area (Å²) in [5.74, 6) is 0. The van der Waals surface area contributed by atoms with E-state index in [0.717, 1.165) is 10.1 Å². The minimum absolute atomic E-state index is 0.358. The highest BCUT2D eigenvalue weighted by atomic mass is 32.2. The standard InChI is InChI=1S/C16H15NS2/c1-11-7-9-12(10-8-11)15-13-5-3-4-6-14(13)17-16(18-2)19-15/h3-10,15H,1-2H3. The van der Waals surface area contributed by atoms with Crippen molar-refractivity contribution in [3.8, 4) is 0 Å². The molecule has 1 nitrogen and oxygen atoms in total. The van der Waals surface area contributed by atoms with E-state index in [1.165, 1.54) is 16.7 Å². The number of fused-ring (bicyclic) bond motifs is 1. The van der Waals surface area contributed by atoms with Gasteiger partial charge in [0.15, 0.2) is 0 Å². The van der Waals surface area contributed by atoms with E-state index >= 15 is 0 Å².